The number of nitrogens with zero attached hydrogens (tertiary/aromatic N) is 2. The summed E-state index contributed by atoms with van der Waals surface area (Å²) in [6, 6.07) is 8.70. The van der Waals surface area contributed by atoms with E-state index in [2.05, 4.69) is 6.07 Å². The molecular weight excluding hydrogens is 559 g/mol. The molecule has 0 aromatic heterocycles. The normalized spacial score (nSPS) is 24.4. The quantitative estimate of drug-likeness (QED) is 0.180. The topological polar surface area (TPSA) is 115 Å². The zero-order chi connectivity index (χ0) is 28.1. The number of amides is 1. The maximum atomic E-state index is 13.5. The predicted octanol–water partition coefficient (Wildman–Crippen LogP) is 5.37. The molecule has 1 aromatic carbocycles. The van der Waals surface area contributed by atoms with Crippen molar-refractivity contribution in [2.24, 2.45) is 16.7 Å². The molecule has 38 heavy (non-hydrogen) atoms. The van der Waals surface area contributed by atoms with Crippen LogP contribution >= 0.6 is 34.8 Å². The third-order valence-electron chi connectivity index (χ3n) is 7.34. The molecule has 0 bridgehead atoms. The van der Waals surface area contributed by atoms with Crippen LogP contribution in [0.25, 0.3) is 0 Å². The van der Waals surface area contributed by atoms with Gasteiger partial charge in [-0.15, -0.1) is 0 Å². The first-order chi connectivity index (χ1) is 18.0. The number of esters is 2. The lowest BCUT2D eigenvalue weighted by Crippen LogP contribution is -2.62. The van der Waals surface area contributed by atoms with Crippen LogP contribution in [0.4, 0.5) is 4.79 Å². The van der Waals surface area contributed by atoms with Crippen molar-refractivity contribution in [3.63, 3.8) is 0 Å². The van der Waals surface area contributed by atoms with E-state index >= 15 is 0 Å². The molecule has 3 rings (SSSR count). The standard InChI is InChI=1S/C26H31Cl3N2O7/c1-4-36-21(32)25(22(33)37-5-2)12-6-11-24(14-30)15-31(23(34)38-16-26(27,28)29)19(13-20(24)25)17-7-9-18(35-3)10-8-17/h7-10,19-20H,4-6,11-13,15-16H2,1-3H3/t19-,20-,24+/m0/s1. The first-order valence-electron chi connectivity index (χ1n) is 12.4. The third-order valence-corrected chi connectivity index (χ3v) is 7.67. The molecule has 1 saturated carbocycles. The molecule has 1 amide bonds. The monoisotopic (exact) mass is 588 g/mol. The number of hydrogen-bond donors (Lipinski definition) is 0. The number of halogens is 3. The predicted molar refractivity (Wildman–Crippen MR) is 140 cm³/mol. The lowest BCUT2D eigenvalue weighted by Gasteiger charge is -2.55. The molecule has 1 aliphatic carbocycles. The molecule has 0 N–H and O–H groups in total. The number of carbonyl (C=O) groups is 3. The fourth-order valence-corrected chi connectivity index (χ4v) is 5.87. The van der Waals surface area contributed by atoms with Crippen LogP contribution < -0.4 is 4.74 Å². The van der Waals surface area contributed by atoms with E-state index in [1.807, 2.05) is 0 Å². The van der Waals surface area contributed by atoms with Crippen molar-refractivity contribution < 1.29 is 33.3 Å². The summed E-state index contributed by atoms with van der Waals surface area (Å²) in [6.07, 6.45) is 0.227. The summed E-state index contributed by atoms with van der Waals surface area (Å²) in [5, 5.41) is 10.5. The minimum Gasteiger partial charge on any atom is -0.497 e. The number of likely N-dealkylation sites (tertiary alicyclic amines) is 1. The average molecular weight is 590 g/mol. The Balaban J connectivity index is 2.14. The highest BCUT2D eigenvalue weighted by molar-refractivity contribution is 6.67. The van der Waals surface area contributed by atoms with Gasteiger partial charge in [-0.25, -0.2) is 4.79 Å². The van der Waals surface area contributed by atoms with Gasteiger partial charge in [-0.1, -0.05) is 53.4 Å². The molecule has 12 heteroatoms. The Morgan fingerprint density at radius 2 is 1.66 bits per heavy atom. The number of fused-ring (bicyclic) bond motifs is 1. The van der Waals surface area contributed by atoms with Crippen LogP contribution in [0.3, 0.4) is 0 Å². The molecule has 2 aliphatic rings. The Morgan fingerprint density at radius 1 is 1.05 bits per heavy atom. The van der Waals surface area contributed by atoms with Crippen molar-refractivity contribution in [2.75, 3.05) is 33.5 Å². The molecule has 1 heterocycles. The van der Waals surface area contributed by atoms with Gasteiger partial charge in [0.1, 0.15) is 12.4 Å². The Bertz CT molecular complexity index is 1050. The molecule has 2 fully saturated rings. The van der Waals surface area contributed by atoms with Crippen molar-refractivity contribution in [2.45, 2.75) is 49.4 Å². The van der Waals surface area contributed by atoms with Crippen molar-refractivity contribution in [1.82, 2.24) is 4.90 Å². The second-order valence-corrected chi connectivity index (χ2v) is 11.9. The van der Waals surface area contributed by atoms with Crippen molar-refractivity contribution >= 4 is 52.8 Å². The average Bonchev–Trinajstić information content (AvgIpc) is 2.90. The molecule has 9 nitrogen and oxygen atoms in total. The van der Waals surface area contributed by atoms with E-state index in [-0.39, 0.29) is 32.6 Å². The molecule has 3 atom stereocenters. The minimum absolute atomic E-state index is 0.0592. The van der Waals surface area contributed by atoms with Crippen LogP contribution in [0.1, 0.15) is 51.1 Å². The molecule has 1 aromatic rings. The molecule has 1 saturated heterocycles. The van der Waals surface area contributed by atoms with Gasteiger partial charge in [-0.2, -0.15) is 5.26 Å². The van der Waals surface area contributed by atoms with Crippen molar-refractivity contribution in [3.8, 4) is 11.8 Å². The Kier molecular flexibility index (Phi) is 9.66. The summed E-state index contributed by atoms with van der Waals surface area (Å²) in [7, 11) is 1.53. The van der Waals surface area contributed by atoms with Crippen LogP contribution in [-0.4, -0.2) is 60.2 Å². The highest BCUT2D eigenvalue weighted by Gasteiger charge is 2.66. The largest absolute Gasteiger partial charge is 0.497 e. The molecule has 208 valence electrons. The number of methoxy groups -OCH3 is 1. The van der Waals surface area contributed by atoms with Crippen LogP contribution in [0.15, 0.2) is 24.3 Å². The highest BCUT2D eigenvalue weighted by Crippen LogP contribution is 2.59. The first-order valence-corrected chi connectivity index (χ1v) is 13.5. The zero-order valence-corrected chi connectivity index (χ0v) is 23.8. The maximum absolute atomic E-state index is 13.5. The Morgan fingerprint density at radius 3 is 2.16 bits per heavy atom. The van der Waals surface area contributed by atoms with Crippen LogP contribution in [0, 0.1) is 28.1 Å². The van der Waals surface area contributed by atoms with Gasteiger partial charge < -0.3 is 18.9 Å². The number of ether oxygens (including phenoxy) is 4. The fraction of sp³-hybridized carbons (Fsp3) is 0.615. The summed E-state index contributed by atoms with van der Waals surface area (Å²) >= 11 is 17.4. The molecule has 1 aliphatic heterocycles. The van der Waals surface area contributed by atoms with Gasteiger partial charge in [0.25, 0.3) is 0 Å². The van der Waals surface area contributed by atoms with Gasteiger partial charge in [0.05, 0.1) is 37.8 Å². The van der Waals surface area contributed by atoms with E-state index in [4.69, 9.17) is 53.8 Å². The van der Waals surface area contributed by atoms with Crippen molar-refractivity contribution in [3.05, 3.63) is 29.8 Å². The van der Waals surface area contributed by atoms with E-state index in [9.17, 15) is 19.6 Å². The first kappa shape index (κ1) is 30.1. The van der Waals surface area contributed by atoms with E-state index < -0.39 is 51.2 Å². The second kappa shape index (κ2) is 12.2. The number of nitriles is 1. The number of carbonyl (C=O) groups excluding carboxylic acids is 3. The summed E-state index contributed by atoms with van der Waals surface area (Å²) < 4.78 is 19.5. The summed E-state index contributed by atoms with van der Waals surface area (Å²) in [4.78, 5) is 41.7. The highest BCUT2D eigenvalue weighted by atomic mass is 35.6. The number of piperidine rings is 1. The minimum atomic E-state index is -1.83. The molecular formula is C26H31Cl3N2O7. The lowest BCUT2D eigenvalue weighted by molar-refractivity contribution is -0.190. The smallest absolute Gasteiger partial charge is 0.410 e. The Labute approximate surface area is 237 Å². The van der Waals surface area contributed by atoms with E-state index in [0.717, 1.165) is 0 Å². The van der Waals surface area contributed by atoms with Crippen molar-refractivity contribution in [1.29, 1.82) is 5.26 Å². The second-order valence-electron chi connectivity index (χ2n) is 9.41. The zero-order valence-electron chi connectivity index (χ0n) is 21.5. The summed E-state index contributed by atoms with van der Waals surface area (Å²) in [5.41, 5.74) is -2.26. The maximum Gasteiger partial charge on any atom is 0.410 e. The SMILES string of the molecule is CCOC(=O)C1(C(=O)OCC)CCC[C@@]2(C#N)CN(C(=O)OCC(Cl)(Cl)Cl)[C@H](c3ccc(OC)cc3)C[C@H]12. The van der Waals surface area contributed by atoms with Gasteiger partial charge in [-0.05, 0) is 50.8 Å². The van der Waals surface area contributed by atoms with Gasteiger partial charge in [0, 0.05) is 12.5 Å². The lowest BCUT2D eigenvalue weighted by atomic mass is 9.51. The molecule has 0 radical (unpaired) electrons. The van der Waals surface area contributed by atoms with Gasteiger partial charge in [0.2, 0.25) is 3.79 Å². The summed E-state index contributed by atoms with van der Waals surface area (Å²) in [5.74, 6) is -1.63. The summed E-state index contributed by atoms with van der Waals surface area (Å²) in [6.45, 7) is 2.82. The number of alkyl halides is 3. The van der Waals surface area contributed by atoms with Gasteiger partial charge >= 0.3 is 18.0 Å². The van der Waals surface area contributed by atoms with Gasteiger partial charge in [0.15, 0.2) is 5.41 Å². The van der Waals surface area contributed by atoms with Crippen LogP contribution in [0.2, 0.25) is 0 Å². The van der Waals surface area contributed by atoms with E-state index in [1.54, 1.807) is 38.1 Å². The van der Waals surface area contributed by atoms with E-state index in [0.29, 0.717) is 24.2 Å². The van der Waals surface area contributed by atoms with Gasteiger partial charge in [-0.3, -0.25) is 14.5 Å². The molecule has 0 spiro atoms. The number of hydrogen-bond acceptors (Lipinski definition) is 8. The van der Waals surface area contributed by atoms with Crippen LogP contribution in [-0.2, 0) is 23.8 Å². The third kappa shape index (κ3) is 5.93. The number of rotatable bonds is 7. The number of benzene rings is 1. The van der Waals surface area contributed by atoms with E-state index in [1.165, 1.54) is 12.0 Å². The fourth-order valence-electron chi connectivity index (χ4n) is 5.70. The van der Waals surface area contributed by atoms with Crippen LogP contribution in [0.5, 0.6) is 5.75 Å². The Hall–Kier alpha value is -2.41. The molecule has 0 unspecified atom stereocenters.